The highest BCUT2D eigenvalue weighted by molar-refractivity contribution is 6.32. The van der Waals surface area contributed by atoms with E-state index in [1.807, 2.05) is 31.4 Å². The molecule has 0 saturated carbocycles. The van der Waals surface area contributed by atoms with Crippen molar-refractivity contribution in [2.75, 3.05) is 6.61 Å². The van der Waals surface area contributed by atoms with Gasteiger partial charge in [0.15, 0.2) is 0 Å². The second-order valence-corrected chi connectivity index (χ2v) is 8.35. The number of aromatic hydroxyl groups is 1. The normalized spacial score (nSPS) is 13.4. The van der Waals surface area contributed by atoms with Crippen LogP contribution < -0.4 is 0 Å². The Kier molecular flexibility index (Phi) is 6.05. The first kappa shape index (κ1) is 22.7. The Bertz CT molecular complexity index is 1180. The summed E-state index contributed by atoms with van der Waals surface area (Å²) in [6.07, 6.45) is 0. The molecular formula is C24H26ClNO5. The minimum Gasteiger partial charge on any atom is -0.506 e. The first-order valence-corrected chi connectivity index (χ1v) is 10.5. The molecule has 7 heteroatoms. The summed E-state index contributed by atoms with van der Waals surface area (Å²) in [6, 6.07) is 9.78. The number of hydrogen-bond donors (Lipinski definition) is 2. The van der Waals surface area contributed by atoms with Gasteiger partial charge in [0.2, 0.25) is 0 Å². The number of fused-ring (bicyclic) bond motifs is 1. The number of ether oxygens (including phenoxy) is 1. The molecule has 0 bridgehead atoms. The smallest absolute Gasteiger partial charge is 0.340 e. The highest BCUT2D eigenvalue weighted by atomic mass is 35.5. The van der Waals surface area contributed by atoms with Crippen LogP contribution in [0.1, 0.15) is 60.9 Å². The lowest BCUT2D eigenvalue weighted by molar-refractivity contribution is -0.141. The van der Waals surface area contributed by atoms with Gasteiger partial charge in [-0.3, -0.25) is 4.79 Å². The summed E-state index contributed by atoms with van der Waals surface area (Å²) < 4.78 is 7.33. The van der Waals surface area contributed by atoms with E-state index in [-0.39, 0.29) is 23.4 Å². The van der Waals surface area contributed by atoms with E-state index < -0.39 is 17.4 Å². The van der Waals surface area contributed by atoms with Crippen LogP contribution in [-0.4, -0.2) is 33.3 Å². The van der Waals surface area contributed by atoms with E-state index in [9.17, 15) is 19.8 Å². The standard InChI is InChI=1S/C24H26ClNO5/c1-6-31-22(28)20-14(4)26(13(2)3)18-9-7-8-16(21(18)20)24(5,23(29)30)15-10-11-17(25)19(27)12-15/h7-13,27H,6H2,1-5H3,(H,29,30). The van der Waals surface area contributed by atoms with Crippen molar-refractivity contribution in [3.63, 3.8) is 0 Å². The van der Waals surface area contributed by atoms with Crippen LogP contribution in [0.2, 0.25) is 5.02 Å². The number of phenols is 1. The number of nitrogens with zero attached hydrogens (tertiary/aromatic N) is 1. The second-order valence-electron chi connectivity index (χ2n) is 7.94. The van der Waals surface area contributed by atoms with Crippen LogP contribution in [0.5, 0.6) is 5.75 Å². The van der Waals surface area contributed by atoms with E-state index in [4.69, 9.17) is 16.3 Å². The van der Waals surface area contributed by atoms with Crippen LogP contribution >= 0.6 is 11.6 Å². The van der Waals surface area contributed by atoms with Crippen LogP contribution in [0.15, 0.2) is 36.4 Å². The number of esters is 1. The maximum atomic E-state index is 13.0. The van der Waals surface area contributed by atoms with Gasteiger partial charge in [0.1, 0.15) is 11.2 Å². The molecule has 3 aromatic rings. The zero-order chi connectivity index (χ0) is 23.1. The third-order valence-electron chi connectivity index (χ3n) is 5.76. The van der Waals surface area contributed by atoms with Gasteiger partial charge >= 0.3 is 11.9 Å². The highest BCUT2D eigenvalue weighted by Gasteiger charge is 2.41. The molecule has 2 aromatic carbocycles. The maximum Gasteiger partial charge on any atom is 0.340 e. The molecule has 2 N–H and O–H groups in total. The summed E-state index contributed by atoms with van der Waals surface area (Å²) >= 11 is 5.95. The Balaban J connectivity index is 2.47. The molecule has 31 heavy (non-hydrogen) atoms. The number of halogens is 1. The van der Waals surface area contributed by atoms with Crippen LogP contribution in [0, 0.1) is 6.92 Å². The lowest BCUT2D eigenvalue weighted by Crippen LogP contribution is -2.34. The van der Waals surface area contributed by atoms with Gasteiger partial charge in [-0.1, -0.05) is 29.8 Å². The first-order valence-electron chi connectivity index (χ1n) is 10.1. The molecule has 1 unspecified atom stereocenters. The molecule has 3 rings (SSSR count). The number of phenolic OH excluding ortho intramolecular Hbond substituents is 1. The molecule has 0 aliphatic heterocycles. The van der Waals surface area contributed by atoms with Gasteiger partial charge in [0.25, 0.3) is 0 Å². The maximum absolute atomic E-state index is 13.0. The molecule has 0 radical (unpaired) electrons. The number of aromatic nitrogens is 1. The van der Waals surface area contributed by atoms with Gasteiger partial charge in [-0.25, -0.2) is 4.79 Å². The molecule has 1 heterocycles. The quantitative estimate of drug-likeness (QED) is 0.494. The van der Waals surface area contributed by atoms with E-state index >= 15 is 0 Å². The van der Waals surface area contributed by atoms with Crippen molar-refractivity contribution in [3.05, 3.63) is 63.8 Å². The number of carboxylic acid groups (broad SMARTS) is 1. The fourth-order valence-electron chi connectivity index (χ4n) is 4.24. The number of rotatable bonds is 6. The Labute approximate surface area is 186 Å². The molecule has 1 aromatic heterocycles. The molecular weight excluding hydrogens is 418 g/mol. The van der Waals surface area contributed by atoms with Crippen molar-refractivity contribution in [1.29, 1.82) is 0 Å². The summed E-state index contributed by atoms with van der Waals surface area (Å²) in [5, 5.41) is 21.1. The average Bonchev–Trinajstić information content (AvgIpc) is 3.01. The first-order chi connectivity index (χ1) is 14.5. The summed E-state index contributed by atoms with van der Waals surface area (Å²) in [5.74, 6) is -1.82. The molecule has 0 amide bonds. The number of benzene rings is 2. The van der Waals surface area contributed by atoms with E-state index in [0.29, 0.717) is 27.8 Å². The minimum atomic E-state index is -1.56. The van der Waals surface area contributed by atoms with Gasteiger partial charge in [-0.2, -0.15) is 0 Å². The number of hydrogen-bond acceptors (Lipinski definition) is 4. The Morgan fingerprint density at radius 2 is 1.90 bits per heavy atom. The number of carbonyl (C=O) groups excluding carboxylic acids is 1. The minimum absolute atomic E-state index is 0.0385. The molecule has 0 fully saturated rings. The summed E-state index contributed by atoms with van der Waals surface area (Å²) in [6.45, 7) is 9.33. The highest BCUT2D eigenvalue weighted by Crippen LogP contribution is 2.42. The Hall–Kier alpha value is -2.99. The fourth-order valence-corrected chi connectivity index (χ4v) is 4.36. The van der Waals surface area contributed by atoms with Crippen LogP contribution in [-0.2, 0) is 14.9 Å². The van der Waals surface area contributed by atoms with E-state index in [1.54, 1.807) is 32.0 Å². The third-order valence-corrected chi connectivity index (χ3v) is 6.08. The summed E-state index contributed by atoms with van der Waals surface area (Å²) in [4.78, 5) is 25.6. The number of carbonyl (C=O) groups is 2. The zero-order valence-corrected chi connectivity index (χ0v) is 18.9. The van der Waals surface area contributed by atoms with Gasteiger partial charge < -0.3 is 19.5 Å². The predicted octanol–water partition coefficient (Wildman–Crippen LogP) is 5.46. The van der Waals surface area contributed by atoms with Crippen LogP contribution in [0.25, 0.3) is 10.9 Å². The van der Waals surface area contributed by atoms with E-state index in [0.717, 1.165) is 5.52 Å². The molecule has 6 nitrogen and oxygen atoms in total. The molecule has 164 valence electrons. The van der Waals surface area contributed by atoms with Gasteiger partial charge in [0, 0.05) is 22.6 Å². The Morgan fingerprint density at radius 1 is 1.23 bits per heavy atom. The summed E-state index contributed by atoms with van der Waals surface area (Å²) in [7, 11) is 0. The van der Waals surface area contributed by atoms with Crippen molar-refractivity contribution < 1.29 is 24.5 Å². The molecule has 0 saturated heterocycles. The SMILES string of the molecule is CCOC(=O)c1c(C)n(C(C)C)c2cccc(C(C)(C(=O)O)c3ccc(Cl)c(O)c3)c12. The van der Waals surface area contributed by atoms with Crippen LogP contribution in [0.4, 0.5) is 0 Å². The summed E-state index contributed by atoms with van der Waals surface area (Å²) in [5.41, 5.74) is 1.04. The largest absolute Gasteiger partial charge is 0.506 e. The van der Waals surface area contributed by atoms with Gasteiger partial charge in [-0.05, 0) is 63.9 Å². The lowest BCUT2D eigenvalue weighted by atomic mass is 9.74. The van der Waals surface area contributed by atoms with Crippen molar-refractivity contribution in [2.45, 2.75) is 46.1 Å². The monoisotopic (exact) mass is 443 g/mol. The fraction of sp³-hybridized carbons (Fsp3) is 0.333. The lowest BCUT2D eigenvalue weighted by Gasteiger charge is -2.27. The molecule has 0 spiro atoms. The Morgan fingerprint density at radius 3 is 2.45 bits per heavy atom. The van der Waals surface area contributed by atoms with Gasteiger partial charge in [-0.15, -0.1) is 0 Å². The number of carboxylic acids is 1. The topological polar surface area (TPSA) is 88.8 Å². The van der Waals surface area contributed by atoms with Crippen molar-refractivity contribution in [1.82, 2.24) is 4.57 Å². The predicted molar refractivity (Wildman–Crippen MR) is 120 cm³/mol. The van der Waals surface area contributed by atoms with E-state index in [2.05, 4.69) is 0 Å². The van der Waals surface area contributed by atoms with Crippen molar-refractivity contribution >= 4 is 34.4 Å². The van der Waals surface area contributed by atoms with E-state index in [1.165, 1.54) is 12.1 Å². The van der Waals surface area contributed by atoms with Crippen molar-refractivity contribution in [2.24, 2.45) is 0 Å². The average molecular weight is 444 g/mol. The molecule has 0 aliphatic rings. The zero-order valence-electron chi connectivity index (χ0n) is 18.2. The molecule has 1 atom stereocenters. The molecule has 0 aliphatic carbocycles. The second kappa shape index (κ2) is 8.27. The number of aliphatic carboxylic acids is 1. The van der Waals surface area contributed by atoms with Gasteiger partial charge in [0.05, 0.1) is 17.2 Å². The third kappa shape index (κ3) is 3.55. The van der Waals surface area contributed by atoms with Crippen molar-refractivity contribution in [3.8, 4) is 5.75 Å². The van der Waals surface area contributed by atoms with Crippen LogP contribution in [0.3, 0.4) is 0 Å².